The third kappa shape index (κ3) is 6.82. The predicted octanol–water partition coefficient (Wildman–Crippen LogP) is 2.62. The van der Waals surface area contributed by atoms with E-state index in [1.807, 2.05) is 4.90 Å². The van der Waals surface area contributed by atoms with Crippen LogP contribution in [0, 0.1) is 17.2 Å². The molecule has 9 nitrogen and oxygen atoms in total. The number of nitrogens with zero attached hydrogens (tertiary/aromatic N) is 3. The first-order chi connectivity index (χ1) is 15.0. The molecule has 2 aliphatic carbocycles. The van der Waals surface area contributed by atoms with E-state index in [0.29, 0.717) is 51.5 Å². The third-order valence-corrected chi connectivity index (χ3v) is 6.68. The van der Waals surface area contributed by atoms with Crippen molar-refractivity contribution >= 4 is 18.0 Å². The largest absolute Gasteiger partial charge is 0.465 e. The molecule has 1 atom stereocenters. The van der Waals surface area contributed by atoms with Crippen LogP contribution in [0.3, 0.4) is 0 Å². The van der Waals surface area contributed by atoms with Crippen molar-refractivity contribution in [2.24, 2.45) is 10.9 Å². The average molecular weight is 434 g/mol. The van der Waals surface area contributed by atoms with Crippen LogP contribution in [0.1, 0.15) is 70.6 Å². The lowest BCUT2D eigenvalue weighted by Crippen LogP contribution is -2.53. The van der Waals surface area contributed by atoms with Crippen LogP contribution in [0.25, 0.3) is 0 Å². The number of hydrogen-bond acceptors (Lipinski definition) is 5. The Balaban J connectivity index is 1.82. The minimum atomic E-state index is -1.21. The van der Waals surface area contributed by atoms with Crippen molar-refractivity contribution in [2.75, 3.05) is 26.3 Å². The van der Waals surface area contributed by atoms with E-state index in [1.165, 1.54) is 6.42 Å². The van der Waals surface area contributed by atoms with Crippen LogP contribution in [0.15, 0.2) is 4.99 Å². The molecule has 9 heteroatoms. The lowest BCUT2D eigenvalue weighted by Gasteiger charge is -2.34. The molecule has 0 aromatic carbocycles. The molecule has 0 aromatic heterocycles. The summed E-state index contributed by atoms with van der Waals surface area (Å²) in [5.74, 6) is 0.307. The van der Waals surface area contributed by atoms with Gasteiger partial charge in [-0.3, -0.25) is 10.1 Å². The quantitative estimate of drug-likeness (QED) is 0.452. The van der Waals surface area contributed by atoms with Crippen molar-refractivity contribution in [2.45, 2.75) is 82.2 Å². The smallest absolute Gasteiger partial charge is 0.411 e. The molecule has 1 aliphatic heterocycles. The normalized spacial score (nSPS) is 23.5. The summed E-state index contributed by atoms with van der Waals surface area (Å²) in [6, 6.07) is 1.62. The molecule has 31 heavy (non-hydrogen) atoms. The van der Waals surface area contributed by atoms with Crippen molar-refractivity contribution in [3.05, 3.63) is 0 Å². The number of ether oxygens (including phenoxy) is 1. The maximum absolute atomic E-state index is 13.4. The lowest BCUT2D eigenvalue weighted by molar-refractivity contribution is -0.124. The topological polar surface area (TPSA) is 127 Å². The number of nitriles is 1. The zero-order valence-corrected chi connectivity index (χ0v) is 18.3. The van der Waals surface area contributed by atoms with E-state index in [1.54, 1.807) is 0 Å². The number of carboxylic acid groups (broad SMARTS) is 1. The number of aliphatic imine (C=N–C) groups is 1. The first kappa shape index (κ1) is 23.3. The molecule has 1 heterocycles. The van der Waals surface area contributed by atoms with E-state index in [4.69, 9.17) is 4.74 Å². The highest BCUT2D eigenvalue weighted by atomic mass is 16.5. The van der Waals surface area contributed by atoms with Crippen LogP contribution in [0.5, 0.6) is 0 Å². The van der Waals surface area contributed by atoms with Gasteiger partial charge < -0.3 is 20.1 Å². The molecule has 1 saturated heterocycles. The van der Waals surface area contributed by atoms with E-state index < -0.39 is 17.7 Å². The molecule has 0 aromatic rings. The van der Waals surface area contributed by atoms with Crippen LogP contribution in [-0.2, 0) is 9.53 Å². The second-order valence-electron chi connectivity index (χ2n) is 8.98. The van der Waals surface area contributed by atoms with Gasteiger partial charge in [-0.15, -0.1) is 0 Å². The Labute approximate surface area is 184 Å². The number of carbonyl (C=O) groups excluding carboxylic acids is 1. The van der Waals surface area contributed by atoms with Crippen molar-refractivity contribution in [3.8, 4) is 6.07 Å². The number of morpholine rings is 1. The molecule has 0 spiro atoms. The summed E-state index contributed by atoms with van der Waals surface area (Å²) in [5, 5.41) is 24.5. The Morgan fingerprint density at radius 3 is 2.39 bits per heavy atom. The molecule has 3 rings (SSSR count). The fraction of sp³-hybridized carbons (Fsp3) is 0.818. The van der Waals surface area contributed by atoms with E-state index >= 15 is 0 Å². The van der Waals surface area contributed by atoms with Crippen molar-refractivity contribution < 1.29 is 19.4 Å². The van der Waals surface area contributed by atoms with Crippen LogP contribution >= 0.6 is 0 Å². The number of rotatable bonds is 5. The zero-order chi connectivity index (χ0) is 22.1. The predicted molar refractivity (Wildman–Crippen MR) is 116 cm³/mol. The highest BCUT2D eigenvalue weighted by Gasteiger charge is 2.36. The Hall–Kier alpha value is -2.34. The Morgan fingerprint density at radius 1 is 1.13 bits per heavy atom. The van der Waals surface area contributed by atoms with E-state index in [-0.39, 0.29) is 11.9 Å². The molecular weight excluding hydrogens is 398 g/mol. The van der Waals surface area contributed by atoms with Crippen LogP contribution in [-0.4, -0.2) is 65.9 Å². The van der Waals surface area contributed by atoms with Gasteiger partial charge >= 0.3 is 6.09 Å². The SMILES string of the molecule is N#CC1(NC(=O)C(CC2CCCCC2)N=C(NC(=O)O)N2CCOCC2)CCCCC1. The molecule has 1 unspecified atom stereocenters. The summed E-state index contributed by atoms with van der Waals surface area (Å²) in [5.41, 5.74) is -0.838. The van der Waals surface area contributed by atoms with Gasteiger partial charge in [0, 0.05) is 13.1 Å². The van der Waals surface area contributed by atoms with Gasteiger partial charge in [0.15, 0.2) is 0 Å². The van der Waals surface area contributed by atoms with Gasteiger partial charge in [0.1, 0.15) is 11.6 Å². The molecule has 2 amide bonds. The van der Waals surface area contributed by atoms with Crippen molar-refractivity contribution in [1.29, 1.82) is 5.26 Å². The maximum atomic E-state index is 13.4. The molecule has 3 fully saturated rings. The Kier molecular flexibility index (Phi) is 8.52. The first-order valence-corrected chi connectivity index (χ1v) is 11.6. The van der Waals surface area contributed by atoms with Gasteiger partial charge in [-0.1, -0.05) is 51.4 Å². The summed E-state index contributed by atoms with van der Waals surface area (Å²) >= 11 is 0. The van der Waals surface area contributed by atoms with Gasteiger partial charge in [-0.2, -0.15) is 5.26 Å². The van der Waals surface area contributed by atoms with E-state index in [0.717, 1.165) is 44.9 Å². The number of nitrogens with one attached hydrogen (secondary N) is 2. The summed E-state index contributed by atoms with van der Waals surface area (Å²) in [4.78, 5) is 31.2. The number of hydrogen-bond donors (Lipinski definition) is 3. The highest BCUT2D eigenvalue weighted by molar-refractivity contribution is 5.95. The molecule has 0 radical (unpaired) electrons. The summed E-state index contributed by atoms with van der Waals surface area (Å²) in [6.45, 7) is 1.99. The van der Waals surface area contributed by atoms with Gasteiger partial charge in [-0.05, 0) is 25.2 Å². The monoisotopic (exact) mass is 433 g/mol. The third-order valence-electron chi connectivity index (χ3n) is 6.68. The Morgan fingerprint density at radius 2 is 1.77 bits per heavy atom. The number of guanidine groups is 1. The molecule has 3 N–H and O–H groups in total. The van der Waals surface area contributed by atoms with E-state index in [9.17, 15) is 20.0 Å². The standard InChI is InChI=1S/C22H35N5O4/c23-16-22(9-5-2-6-10-22)26-19(28)18(15-17-7-3-1-4-8-17)24-20(25-21(29)30)27-11-13-31-14-12-27/h17-18H,1-15H2,(H,24,25)(H,26,28)(H,29,30). The summed E-state index contributed by atoms with van der Waals surface area (Å²) in [7, 11) is 0. The minimum absolute atomic E-state index is 0.196. The zero-order valence-electron chi connectivity index (χ0n) is 18.3. The fourth-order valence-corrected chi connectivity index (χ4v) is 4.91. The van der Waals surface area contributed by atoms with Crippen LogP contribution < -0.4 is 10.6 Å². The van der Waals surface area contributed by atoms with Crippen LogP contribution in [0.4, 0.5) is 4.79 Å². The van der Waals surface area contributed by atoms with Crippen molar-refractivity contribution in [3.63, 3.8) is 0 Å². The molecule has 0 bridgehead atoms. The first-order valence-electron chi connectivity index (χ1n) is 11.6. The van der Waals surface area contributed by atoms with Gasteiger partial charge in [-0.25, -0.2) is 9.79 Å². The average Bonchev–Trinajstić information content (AvgIpc) is 2.79. The van der Waals surface area contributed by atoms with Crippen LogP contribution in [0.2, 0.25) is 0 Å². The van der Waals surface area contributed by atoms with Gasteiger partial charge in [0.05, 0.1) is 19.3 Å². The van der Waals surface area contributed by atoms with Crippen molar-refractivity contribution in [1.82, 2.24) is 15.5 Å². The lowest BCUT2D eigenvalue weighted by atomic mass is 9.81. The molecular formula is C22H35N5O4. The number of amides is 2. The highest BCUT2D eigenvalue weighted by Crippen LogP contribution is 2.30. The summed E-state index contributed by atoms with van der Waals surface area (Å²) in [6.07, 6.45) is 9.21. The Bertz CT molecular complexity index is 687. The molecule has 3 aliphatic rings. The second kappa shape index (κ2) is 11.3. The summed E-state index contributed by atoms with van der Waals surface area (Å²) < 4.78 is 5.37. The minimum Gasteiger partial charge on any atom is -0.465 e. The fourth-order valence-electron chi connectivity index (χ4n) is 4.91. The van der Waals surface area contributed by atoms with Gasteiger partial charge in [0.25, 0.3) is 0 Å². The maximum Gasteiger partial charge on any atom is 0.411 e. The van der Waals surface area contributed by atoms with Gasteiger partial charge in [0.2, 0.25) is 11.9 Å². The second-order valence-corrected chi connectivity index (χ2v) is 8.98. The van der Waals surface area contributed by atoms with E-state index in [2.05, 4.69) is 21.7 Å². The molecule has 2 saturated carbocycles. The molecule has 172 valence electrons. The number of carbonyl (C=O) groups is 2.